The predicted molar refractivity (Wildman–Crippen MR) is 70.5 cm³/mol. The smallest absolute Gasteiger partial charge is 0.0604 e. The van der Waals surface area contributed by atoms with Crippen LogP contribution in [-0.2, 0) is 0 Å². The van der Waals surface area contributed by atoms with Gasteiger partial charge in [0.2, 0.25) is 0 Å². The number of anilines is 2. The quantitative estimate of drug-likeness (QED) is 0.746. The molecule has 0 atom stereocenters. The summed E-state index contributed by atoms with van der Waals surface area (Å²) < 4.78 is 0. The van der Waals surface area contributed by atoms with Crippen molar-refractivity contribution in [2.24, 2.45) is 0 Å². The minimum absolute atomic E-state index is 1.13. The summed E-state index contributed by atoms with van der Waals surface area (Å²) in [4.78, 5) is 7.05. The molecule has 1 aliphatic rings. The molecule has 0 aliphatic carbocycles. The minimum Gasteiger partial charge on any atom is -0.376 e. The van der Waals surface area contributed by atoms with E-state index in [0.29, 0.717) is 0 Å². The molecule has 0 bridgehead atoms. The third-order valence-corrected chi connectivity index (χ3v) is 3.21. The normalized spacial score (nSPS) is 17.6. The maximum atomic E-state index is 2.48. The number of hydrogen-bond acceptors (Lipinski definition) is 3. The SMILES string of the molecule is CN1CCN(c2ccccc2N(C)C)CC1. The van der Waals surface area contributed by atoms with Gasteiger partial charge in [-0.1, -0.05) is 12.1 Å². The summed E-state index contributed by atoms with van der Waals surface area (Å²) in [5.41, 5.74) is 2.67. The van der Waals surface area contributed by atoms with Gasteiger partial charge in [-0.25, -0.2) is 0 Å². The fraction of sp³-hybridized carbons (Fsp3) is 0.538. The molecule has 1 aromatic carbocycles. The van der Waals surface area contributed by atoms with Crippen LogP contribution in [0.15, 0.2) is 24.3 Å². The van der Waals surface area contributed by atoms with Gasteiger partial charge in [0.25, 0.3) is 0 Å². The number of benzene rings is 1. The second-order valence-electron chi connectivity index (χ2n) is 4.67. The zero-order valence-electron chi connectivity index (χ0n) is 10.5. The van der Waals surface area contributed by atoms with Gasteiger partial charge in [-0.15, -0.1) is 0 Å². The molecule has 1 aliphatic heterocycles. The molecule has 1 aromatic rings. The van der Waals surface area contributed by atoms with E-state index >= 15 is 0 Å². The van der Waals surface area contributed by atoms with Crippen molar-refractivity contribution < 1.29 is 0 Å². The Balaban J connectivity index is 2.19. The molecular formula is C13H21N3. The van der Waals surface area contributed by atoms with E-state index in [1.165, 1.54) is 11.4 Å². The number of para-hydroxylation sites is 2. The number of piperazine rings is 1. The number of hydrogen-bond donors (Lipinski definition) is 0. The zero-order valence-corrected chi connectivity index (χ0v) is 10.5. The average molecular weight is 219 g/mol. The van der Waals surface area contributed by atoms with E-state index in [0.717, 1.165) is 26.2 Å². The van der Waals surface area contributed by atoms with E-state index in [1.807, 2.05) is 0 Å². The first kappa shape index (κ1) is 11.3. The van der Waals surface area contributed by atoms with Gasteiger partial charge in [0, 0.05) is 40.3 Å². The Bertz CT molecular complexity index is 341. The number of nitrogens with zero attached hydrogens (tertiary/aromatic N) is 3. The number of rotatable bonds is 2. The van der Waals surface area contributed by atoms with Crippen LogP contribution >= 0.6 is 0 Å². The summed E-state index contributed by atoms with van der Waals surface area (Å²) in [6.07, 6.45) is 0. The lowest BCUT2D eigenvalue weighted by Crippen LogP contribution is -2.44. The molecule has 1 fully saturated rings. The highest BCUT2D eigenvalue weighted by Crippen LogP contribution is 2.28. The topological polar surface area (TPSA) is 9.72 Å². The molecule has 3 heteroatoms. The van der Waals surface area contributed by atoms with Crippen molar-refractivity contribution in [3.8, 4) is 0 Å². The molecule has 0 amide bonds. The zero-order chi connectivity index (χ0) is 11.5. The van der Waals surface area contributed by atoms with E-state index in [4.69, 9.17) is 0 Å². The van der Waals surface area contributed by atoms with Crippen LogP contribution in [0.1, 0.15) is 0 Å². The van der Waals surface area contributed by atoms with Gasteiger partial charge < -0.3 is 14.7 Å². The van der Waals surface area contributed by atoms with Gasteiger partial charge in [0.1, 0.15) is 0 Å². The molecule has 88 valence electrons. The van der Waals surface area contributed by atoms with Gasteiger partial charge in [0.15, 0.2) is 0 Å². The van der Waals surface area contributed by atoms with Crippen molar-refractivity contribution in [1.29, 1.82) is 0 Å². The molecule has 0 aromatic heterocycles. The van der Waals surface area contributed by atoms with Crippen LogP contribution in [0, 0.1) is 0 Å². The molecule has 2 rings (SSSR count). The van der Waals surface area contributed by atoms with Crippen LogP contribution in [-0.4, -0.2) is 52.2 Å². The lowest BCUT2D eigenvalue weighted by Gasteiger charge is -2.36. The molecule has 0 radical (unpaired) electrons. The highest BCUT2D eigenvalue weighted by Gasteiger charge is 2.16. The van der Waals surface area contributed by atoms with Crippen LogP contribution in [0.5, 0.6) is 0 Å². The Morgan fingerprint density at radius 2 is 1.62 bits per heavy atom. The van der Waals surface area contributed by atoms with E-state index in [9.17, 15) is 0 Å². The molecule has 16 heavy (non-hydrogen) atoms. The van der Waals surface area contributed by atoms with E-state index < -0.39 is 0 Å². The summed E-state index contributed by atoms with van der Waals surface area (Å²) in [7, 11) is 6.40. The number of likely N-dealkylation sites (N-methyl/N-ethyl adjacent to an activating group) is 1. The fourth-order valence-electron chi connectivity index (χ4n) is 2.16. The van der Waals surface area contributed by atoms with Crippen molar-refractivity contribution in [3.05, 3.63) is 24.3 Å². The van der Waals surface area contributed by atoms with Gasteiger partial charge in [-0.3, -0.25) is 0 Å². The molecule has 0 N–H and O–H groups in total. The summed E-state index contributed by atoms with van der Waals surface area (Å²) in [5.74, 6) is 0. The van der Waals surface area contributed by atoms with E-state index in [-0.39, 0.29) is 0 Å². The van der Waals surface area contributed by atoms with Crippen LogP contribution in [0.25, 0.3) is 0 Å². The summed E-state index contributed by atoms with van der Waals surface area (Å²) >= 11 is 0. The first-order valence-electron chi connectivity index (χ1n) is 5.88. The van der Waals surface area contributed by atoms with Crippen molar-refractivity contribution in [1.82, 2.24) is 4.90 Å². The Kier molecular flexibility index (Phi) is 3.34. The van der Waals surface area contributed by atoms with Crippen molar-refractivity contribution in [3.63, 3.8) is 0 Å². The molecule has 0 saturated carbocycles. The van der Waals surface area contributed by atoms with Crippen LogP contribution in [0.3, 0.4) is 0 Å². The first-order chi connectivity index (χ1) is 7.68. The Hall–Kier alpha value is -1.22. The van der Waals surface area contributed by atoms with Crippen molar-refractivity contribution in [2.75, 3.05) is 57.1 Å². The maximum absolute atomic E-state index is 2.48. The monoisotopic (exact) mass is 219 g/mol. The van der Waals surface area contributed by atoms with Gasteiger partial charge in [0.05, 0.1) is 11.4 Å². The van der Waals surface area contributed by atoms with Crippen molar-refractivity contribution >= 4 is 11.4 Å². The molecule has 0 spiro atoms. The third-order valence-electron chi connectivity index (χ3n) is 3.21. The Labute approximate surface area is 98.3 Å². The fourth-order valence-corrected chi connectivity index (χ4v) is 2.16. The lowest BCUT2D eigenvalue weighted by molar-refractivity contribution is 0.313. The second-order valence-corrected chi connectivity index (χ2v) is 4.67. The average Bonchev–Trinajstić information content (AvgIpc) is 2.30. The summed E-state index contributed by atoms with van der Waals surface area (Å²) in [5, 5.41) is 0. The molecule has 1 saturated heterocycles. The highest BCUT2D eigenvalue weighted by atomic mass is 15.3. The summed E-state index contributed by atoms with van der Waals surface area (Å²) in [6, 6.07) is 8.64. The Morgan fingerprint density at radius 3 is 2.25 bits per heavy atom. The Morgan fingerprint density at radius 1 is 1.00 bits per heavy atom. The summed E-state index contributed by atoms with van der Waals surface area (Å²) in [6.45, 7) is 4.56. The molecule has 0 unspecified atom stereocenters. The van der Waals surface area contributed by atoms with Gasteiger partial charge in [-0.2, -0.15) is 0 Å². The first-order valence-corrected chi connectivity index (χ1v) is 5.88. The molecule has 3 nitrogen and oxygen atoms in total. The van der Waals surface area contributed by atoms with Gasteiger partial charge >= 0.3 is 0 Å². The second kappa shape index (κ2) is 4.74. The third kappa shape index (κ3) is 2.30. The van der Waals surface area contributed by atoms with E-state index in [1.54, 1.807) is 0 Å². The lowest BCUT2D eigenvalue weighted by atomic mass is 10.2. The molecule has 1 heterocycles. The molecular weight excluding hydrogens is 198 g/mol. The van der Waals surface area contributed by atoms with Crippen LogP contribution in [0.4, 0.5) is 11.4 Å². The predicted octanol–water partition coefficient (Wildman–Crippen LogP) is 1.50. The van der Waals surface area contributed by atoms with Gasteiger partial charge in [-0.05, 0) is 19.2 Å². The minimum atomic E-state index is 1.13. The van der Waals surface area contributed by atoms with Crippen molar-refractivity contribution in [2.45, 2.75) is 0 Å². The maximum Gasteiger partial charge on any atom is 0.0604 e. The standard InChI is InChI=1S/C13H21N3/c1-14(2)12-6-4-5-7-13(12)16-10-8-15(3)9-11-16/h4-7H,8-11H2,1-3H3. The van der Waals surface area contributed by atoms with E-state index in [2.05, 4.69) is 60.1 Å². The van der Waals surface area contributed by atoms with Crippen LogP contribution in [0.2, 0.25) is 0 Å². The van der Waals surface area contributed by atoms with Crippen LogP contribution < -0.4 is 9.80 Å². The highest BCUT2D eigenvalue weighted by molar-refractivity contribution is 5.70. The largest absolute Gasteiger partial charge is 0.376 e.